The minimum absolute atomic E-state index is 0.00669. The summed E-state index contributed by atoms with van der Waals surface area (Å²) in [6.07, 6.45) is 8.76. The lowest BCUT2D eigenvalue weighted by atomic mass is 9.50. The monoisotopic (exact) mass is 349 g/mol. The van der Waals surface area contributed by atoms with E-state index in [9.17, 15) is 9.90 Å². The second kappa shape index (κ2) is 5.97. The van der Waals surface area contributed by atoms with Gasteiger partial charge < -0.3 is 14.7 Å². The molecule has 5 nitrogen and oxygen atoms in total. The van der Waals surface area contributed by atoms with Gasteiger partial charge >= 0.3 is 5.97 Å². The highest BCUT2D eigenvalue weighted by atomic mass is 16.6. The van der Waals surface area contributed by atoms with Gasteiger partial charge in [0.05, 0.1) is 12.0 Å². The number of aliphatic hydroxyl groups excluding tert-OH is 1. The van der Waals surface area contributed by atoms with Crippen LogP contribution in [0, 0.1) is 34.5 Å². The highest BCUT2D eigenvalue weighted by Crippen LogP contribution is 2.62. The van der Waals surface area contributed by atoms with E-state index in [2.05, 4.69) is 19.0 Å². The number of nitrogens with zero attached hydrogens (tertiary/aromatic N) is 1. The van der Waals surface area contributed by atoms with Crippen LogP contribution in [0.25, 0.3) is 0 Å². The number of fused-ring (bicyclic) bond motifs is 3. The predicted octanol–water partition coefficient (Wildman–Crippen LogP) is 3.15. The Kier molecular flexibility index (Phi) is 4.13. The summed E-state index contributed by atoms with van der Waals surface area (Å²) in [5.41, 5.74) is -0.0753. The summed E-state index contributed by atoms with van der Waals surface area (Å²) in [7, 11) is 1.58. The molecule has 0 aromatic carbocycles. The Balaban J connectivity index is 1.68. The number of esters is 1. The van der Waals surface area contributed by atoms with Gasteiger partial charge in [0.1, 0.15) is 13.2 Å². The molecule has 1 aliphatic heterocycles. The average Bonchev–Trinajstić information content (AvgIpc) is 3.08. The third kappa shape index (κ3) is 2.45. The molecule has 140 valence electrons. The van der Waals surface area contributed by atoms with E-state index < -0.39 is 0 Å². The van der Waals surface area contributed by atoms with Crippen molar-refractivity contribution < 1.29 is 19.5 Å². The Labute approximate surface area is 150 Å². The quantitative estimate of drug-likeness (QED) is 0.483. The zero-order valence-corrected chi connectivity index (χ0v) is 15.6. The molecule has 0 aromatic heterocycles. The highest BCUT2D eigenvalue weighted by molar-refractivity contribution is 5.76. The van der Waals surface area contributed by atoms with Crippen LogP contribution in [0.4, 0.5) is 0 Å². The molecule has 1 saturated heterocycles. The van der Waals surface area contributed by atoms with E-state index >= 15 is 0 Å². The maximum Gasteiger partial charge on any atom is 0.309 e. The standard InChI is InChI=1S/C20H31NO4/c1-19(8-6-12-10-16(19)18(23)25-12)15-7-9-20(2)14(4-5-17(20)22)13(15)11-21-24-3/h11-17,22H,4-10H2,1-3H3/b21-11+/t12-,13-,14-,15-,16+,17?,19+,20-/m0/s1. The molecule has 1 N–H and O–H groups in total. The summed E-state index contributed by atoms with van der Waals surface area (Å²) >= 11 is 0. The summed E-state index contributed by atoms with van der Waals surface area (Å²) in [5.74, 6) is 1.09. The van der Waals surface area contributed by atoms with E-state index in [0.29, 0.717) is 11.8 Å². The van der Waals surface area contributed by atoms with E-state index in [-0.39, 0.29) is 40.8 Å². The zero-order chi connectivity index (χ0) is 17.8. The number of ether oxygens (including phenoxy) is 1. The van der Waals surface area contributed by atoms with Crippen LogP contribution in [0.3, 0.4) is 0 Å². The molecule has 0 aromatic rings. The van der Waals surface area contributed by atoms with Crippen molar-refractivity contribution >= 4 is 12.2 Å². The SMILES string of the molecule is CO/N=C/[C@@H]1[C@@H]([C@@]2(C)CC[C@H]3C[C@@H]2C(=O)O3)CC[C@]2(C)C(O)CC[C@@H]12. The van der Waals surface area contributed by atoms with Crippen LogP contribution in [0.5, 0.6) is 0 Å². The van der Waals surface area contributed by atoms with E-state index in [0.717, 1.165) is 44.9 Å². The Hall–Kier alpha value is -1.10. The van der Waals surface area contributed by atoms with Crippen molar-refractivity contribution in [1.82, 2.24) is 0 Å². The lowest BCUT2D eigenvalue weighted by Crippen LogP contribution is -2.51. The molecule has 0 radical (unpaired) electrons. The Morgan fingerprint density at radius 3 is 2.64 bits per heavy atom. The van der Waals surface area contributed by atoms with Crippen LogP contribution in [0.2, 0.25) is 0 Å². The number of hydrogen-bond acceptors (Lipinski definition) is 5. The number of aliphatic hydroxyl groups is 1. The number of carbonyl (C=O) groups excluding carboxylic acids is 1. The molecule has 4 rings (SSSR count). The normalized spacial score (nSPS) is 52.2. The molecule has 2 bridgehead atoms. The first-order valence-electron chi connectivity index (χ1n) is 9.85. The predicted molar refractivity (Wildman–Crippen MR) is 93.9 cm³/mol. The fourth-order valence-corrected chi connectivity index (χ4v) is 6.73. The van der Waals surface area contributed by atoms with Gasteiger partial charge in [-0.3, -0.25) is 4.79 Å². The smallest absolute Gasteiger partial charge is 0.309 e. The summed E-state index contributed by atoms with van der Waals surface area (Å²) in [5, 5.41) is 14.7. The molecule has 3 aliphatic carbocycles. The van der Waals surface area contributed by atoms with Crippen molar-refractivity contribution in [3.63, 3.8) is 0 Å². The molecule has 8 atom stereocenters. The van der Waals surface area contributed by atoms with Gasteiger partial charge in [-0.15, -0.1) is 0 Å². The van der Waals surface area contributed by atoms with Gasteiger partial charge in [-0.1, -0.05) is 19.0 Å². The third-order valence-electron chi connectivity index (χ3n) is 8.34. The van der Waals surface area contributed by atoms with E-state index in [1.807, 2.05) is 6.21 Å². The Morgan fingerprint density at radius 1 is 1.16 bits per heavy atom. The van der Waals surface area contributed by atoms with Gasteiger partial charge in [0.15, 0.2) is 0 Å². The fourth-order valence-electron chi connectivity index (χ4n) is 6.73. The van der Waals surface area contributed by atoms with Crippen LogP contribution in [0.1, 0.15) is 58.8 Å². The van der Waals surface area contributed by atoms with Gasteiger partial charge in [-0.2, -0.15) is 0 Å². The number of oxime groups is 1. The topological polar surface area (TPSA) is 68.1 Å². The minimum Gasteiger partial charge on any atom is -0.462 e. The molecule has 0 spiro atoms. The Morgan fingerprint density at radius 2 is 1.88 bits per heavy atom. The van der Waals surface area contributed by atoms with E-state index in [4.69, 9.17) is 9.57 Å². The van der Waals surface area contributed by atoms with Crippen LogP contribution >= 0.6 is 0 Å². The lowest BCUT2D eigenvalue weighted by Gasteiger charge is -2.53. The number of carbonyl (C=O) groups is 1. The Bertz CT molecular complexity index is 578. The fraction of sp³-hybridized carbons (Fsp3) is 0.900. The van der Waals surface area contributed by atoms with E-state index in [1.165, 1.54) is 0 Å². The van der Waals surface area contributed by atoms with Crippen LogP contribution in [-0.4, -0.2) is 36.6 Å². The summed E-state index contributed by atoms with van der Waals surface area (Å²) < 4.78 is 5.57. The van der Waals surface area contributed by atoms with Crippen molar-refractivity contribution in [2.24, 2.45) is 39.7 Å². The van der Waals surface area contributed by atoms with Crippen molar-refractivity contribution in [1.29, 1.82) is 0 Å². The molecule has 5 heteroatoms. The third-order valence-corrected chi connectivity index (χ3v) is 8.34. The van der Waals surface area contributed by atoms with Crippen molar-refractivity contribution in [2.75, 3.05) is 7.11 Å². The van der Waals surface area contributed by atoms with E-state index in [1.54, 1.807) is 7.11 Å². The maximum atomic E-state index is 12.5. The van der Waals surface area contributed by atoms with Gasteiger partial charge in [0, 0.05) is 12.1 Å². The van der Waals surface area contributed by atoms with Crippen LogP contribution in [-0.2, 0) is 14.4 Å². The molecule has 1 heterocycles. The first-order valence-corrected chi connectivity index (χ1v) is 9.85. The van der Waals surface area contributed by atoms with Crippen molar-refractivity contribution in [3.05, 3.63) is 0 Å². The lowest BCUT2D eigenvalue weighted by molar-refractivity contribution is -0.147. The second-order valence-corrected chi connectivity index (χ2v) is 9.26. The largest absolute Gasteiger partial charge is 0.462 e. The molecule has 1 unspecified atom stereocenters. The van der Waals surface area contributed by atoms with Gasteiger partial charge in [-0.25, -0.2) is 0 Å². The molecular weight excluding hydrogens is 318 g/mol. The van der Waals surface area contributed by atoms with Crippen LogP contribution in [0.15, 0.2) is 5.16 Å². The molecule has 4 aliphatic rings. The van der Waals surface area contributed by atoms with Gasteiger partial charge in [0.2, 0.25) is 0 Å². The average molecular weight is 349 g/mol. The summed E-state index contributed by atoms with van der Waals surface area (Å²) in [6.45, 7) is 4.54. The first-order chi connectivity index (χ1) is 11.9. The molecule has 0 amide bonds. The first kappa shape index (κ1) is 17.3. The maximum absolute atomic E-state index is 12.5. The molecule has 25 heavy (non-hydrogen) atoms. The minimum atomic E-state index is -0.225. The molecular formula is C20H31NO4. The number of hydrogen-bond donors (Lipinski definition) is 1. The molecule has 4 fully saturated rings. The highest BCUT2D eigenvalue weighted by Gasteiger charge is 2.61. The van der Waals surface area contributed by atoms with Gasteiger partial charge in [-0.05, 0) is 67.6 Å². The summed E-state index contributed by atoms with van der Waals surface area (Å²) in [4.78, 5) is 17.5. The van der Waals surface area contributed by atoms with Crippen LogP contribution < -0.4 is 0 Å². The number of rotatable bonds is 3. The molecule has 3 saturated carbocycles. The second-order valence-electron chi connectivity index (χ2n) is 9.26. The summed E-state index contributed by atoms with van der Waals surface area (Å²) in [6, 6.07) is 0. The van der Waals surface area contributed by atoms with Crippen molar-refractivity contribution in [3.8, 4) is 0 Å². The van der Waals surface area contributed by atoms with Crippen molar-refractivity contribution in [2.45, 2.75) is 71.0 Å². The van der Waals surface area contributed by atoms with Gasteiger partial charge in [0.25, 0.3) is 0 Å². The zero-order valence-electron chi connectivity index (χ0n) is 15.6.